The van der Waals surface area contributed by atoms with Crippen molar-refractivity contribution >= 4 is 5.82 Å². The third-order valence-electron chi connectivity index (χ3n) is 2.56. The molecule has 0 unspecified atom stereocenters. The summed E-state index contributed by atoms with van der Waals surface area (Å²) in [6, 6.07) is 7.42. The van der Waals surface area contributed by atoms with Gasteiger partial charge >= 0.3 is 0 Å². The number of hydrogen-bond donors (Lipinski definition) is 1. The van der Waals surface area contributed by atoms with Gasteiger partial charge in [-0.15, -0.1) is 0 Å². The monoisotopic (exact) mass is 233 g/mol. The number of nitrogens with two attached hydrogens (primary N) is 1. The summed E-state index contributed by atoms with van der Waals surface area (Å²) in [5, 5.41) is 4.31. The molecular weight excluding hydrogens is 218 g/mol. The molecule has 0 aliphatic heterocycles. The van der Waals surface area contributed by atoms with E-state index < -0.39 is 0 Å². The molecule has 90 valence electrons. The van der Waals surface area contributed by atoms with Gasteiger partial charge in [0.15, 0.2) is 0 Å². The predicted molar refractivity (Wildman–Crippen MR) is 66.2 cm³/mol. The zero-order valence-electron chi connectivity index (χ0n) is 10.1. The summed E-state index contributed by atoms with van der Waals surface area (Å²) in [5.41, 5.74) is 7.46. The molecule has 0 aliphatic rings. The minimum absolute atomic E-state index is 0.613. The average molecular weight is 233 g/mol. The topological polar surface area (TPSA) is 62.3 Å². The van der Waals surface area contributed by atoms with E-state index in [1.54, 1.807) is 25.9 Å². The molecule has 0 spiro atoms. The summed E-state index contributed by atoms with van der Waals surface area (Å²) < 4.78 is 12.0. The average Bonchev–Trinajstić information content (AvgIpc) is 2.69. The molecule has 1 aromatic carbocycles. The number of nitrogens with zero attached hydrogens (tertiary/aromatic N) is 2. The SMILES string of the molecule is COc1cc(OC)cc(-c2cc(N)n(C)n2)c1. The molecule has 1 aromatic heterocycles. The van der Waals surface area contributed by atoms with Gasteiger partial charge in [-0.3, -0.25) is 4.68 Å². The summed E-state index contributed by atoms with van der Waals surface area (Å²) in [4.78, 5) is 0. The quantitative estimate of drug-likeness (QED) is 0.876. The Morgan fingerprint density at radius 2 is 1.65 bits per heavy atom. The fourth-order valence-corrected chi connectivity index (χ4v) is 1.58. The molecule has 17 heavy (non-hydrogen) atoms. The molecule has 0 aliphatic carbocycles. The van der Waals surface area contributed by atoms with Crippen LogP contribution in [0.5, 0.6) is 11.5 Å². The molecule has 2 rings (SSSR count). The van der Waals surface area contributed by atoms with Crippen LogP contribution in [0.1, 0.15) is 0 Å². The van der Waals surface area contributed by atoms with Crippen molar-refractivity contribution in [2.24, 2.45) is 7.05 Å². The van der Waals surface area contributed by atoms with Gasteiger partial charge in [0.05, 0.1) is 19.9 Å². The maximum absolute atomic E-state index is 5.76. The summed E-state index contributed by atoms with van der Waals surface area (Å²) >= 11 is 0. The Labute approximate surface area is 99.8 Å². The Hall–Kier alpha value is -2.17. The first-order valence-corrected chi connectivity index (χ1v) is 5.17. The van der Waals surface area contributed by atoms with Gasteiger partial charge in [0.1, 0.15) is 17.3 Å². The van der Waals surface area contributed by atoms with Gasteiger partial charge < -0.3 is 15.2 Å². The lowest BCUT2D eigenvalue weighted by Gasteiger charge is -2.06. The highest BCUT2D eigenvalue weighted by molar-refractivity contribution is 5.66. The van der Waals surface area contributed by atoms with Crippen LogP contribution in [0.4, 0.5) is 5.82 Å². The van der Waals surface area contributed by atoms with Crippen molar-refractivity contribution in [1.82, 2.24) is 9.78 Å². The molecule has 0 saturated carbocycles. The van der Waals surface area contributed by atoms with Gasteiger partial charge in [0.2, 0.25) is 0 Å². The Morgan fingerprint density at radius 3 is 2.06 bits per heavy atom. The van der Waals surface area contributed by atoms with E-state index in [4.69, 9.17) is 15.2 Å². The van der Waals surface area contributed by atoms with Crippen LogP contribution < -0.4 is 15.2 Å². The van der Waals surface area contributed by atoms with Crippen molar-refractivity contribution in [1.29, 1.82) is 0 Å². The number of anilines is 1. The summed E-state index contributed by atoms with van der Waals surface area (Å²) in [5.74, 6) is 2.06. The molecule has 2 aromatic rings. The molecule has 0 fully saturated rings. The maximum atomic E-state index is 5.76. The number of benzene rings is 1. The van der Waals surface area contributed by atoms with Gasteiger partial charge in [-0.2, -0.15) is 5.10 Å². The Bertz CT molecular complexity index is 493. The predicted octanol–water partition coefficient (Wildman–Crippen LogP) is 1.69. The fourth-order valence-electron chi connectivity index (χ4n) is 1.58. The summed E-state index contributed by atoms with van der Waals surface area (Å²) in [6.45, 7) is 0. The van der Waals surface area contributed by atoms with E-state index in [0.717, 1.165) is 22.8 Å². The Balaban J connectivity index is 2.50. The number of rotatable bonds is 3. The van der Waals surface area contributed by atoms with Crippen molar-refractivity contribution in [3.63, 3.8) is 0 Å². The van der Waals surface area contributed by atoms with Crippen LogP contribution in [0.3, 0.4) is 0 Å². The lowest BCUT2D eigenvalue weighted by atomic mass is 10.1. The minimum atomic E-state index is 0.613. The van der Waals surface area contributed by atoms with E-state index in [2.05, 4.69) is 5.10 Å². The van der Waals surface area contributed by atoms with Crippen LogP contribution in [0.15, 0.2) is 24.3 Å². The number of aromatic nitrogens is 2. The molecule has 2 N–H and O–H groups in total. The first kappa shape index (κ1) is 11.3. The van der Waals surface area contributed by atoms with Crippen LogP contribution in [-0.4, -0.2) is 24.0 Å². The molecule has 0 amide bonds. The summed E-state index contributed by atoms with van der Waals surface area (Å²) in [6.07, 6.45) is 0. The number of hydrogen-bond acceptors (Lipinski definition) is 4. The van der Waals surface area contributed by atoms with Gasteiger partial charge in [0.25, 0.3) is 0 Å². The van der Waals surface area contributed by atoms with E-state index in [0.29, 0.717) is 5.82 Å². The van der Waals surface area contributed by atoms with Crippen LogP contribution in [-0.2, 0) is 7.05 Å². The third-order valence-corrected chi connectivity index (χ3v) is 2.56. The number of aryl methyl sites for hydroxylation is 1. The standard InChI is InChI=1S/C12H15N3O2/c1-15-12(13)7-11(14-15)8-4-9(16-2)6-10(5-8)17-3/h4-7H,13H2,1-3H3. The molecule has 0 radical (unpaired) electrons. The minimum Gasteiger partial charge on any atom is -0.497 e. The maximum Gasteiger partial charge on any atom is 0.123 e. The van der Waals surface area contributed by atoms with Gasteiger partial charge in [0, 0.05) is 24.7 Å². The number of methoxy groups -OCH3 is 2. The highest BCUT2D eigenvalue weighted by atomic mass is 16.5. The van der Waals surface area contributed by atoms with E-state index >= 15 is 0 Å². The molecule has 0 bridgehead atoms. The van der Waals surface area contributed by atoms with Crippen molar-refractivity contribution in [3.8, 4) is 22.8 Å². The van der Waals surface area contributed by atoms with Crippen LogP contribution in [0.25, 0.3) is 11.3 Å². The highest BCUT2D eigenvalue weighted by Crippen LogP contribution is 2.29. The third kappa shape index (κ3) is 2.18. The molecule has 0 saturated heterocycles. The second kappa shape index (κ2) is 4.37. The van der Waals surface area contributed by atoms with Crippen molar-refractivity contribution < 1.29 is 9.47 Å². The highest BCUT2D eigenvalue weighted by Gasteiger charge is 2.08. The first-order valence-electron chi connectivity index (χ1n) is 5.17. The van der Waals surface area contributed by atoms with Gasteiger partial charge in [-0.05, 0) is 12.1 Å². The largest absolute Gasteiger partial charge is 0.497 e. The van der Waals surface area contributed by atoms with Crippen molar-refractivity contribution in [2.75, 3.05) is 20.0 Å². The summed E-state index contributed by atoms with van der Waals surface area (Å²) in [7, 11) is 5.03. The van der Waals surface area contributed by atoms with Gasteiger partial charge in [-0.25, -0.2) is 0 Å². The number of nitrogen functional groups attached to an aromatic ring is 1. The normalized spacial score (nSPS) is 10.3. The fraction of sp³-hybridized carbons (Fsp3) is 0.250. The van der Waals surface area contributed by atoms with E-state index in [1.807, 2.05) is 24.3 Å². The van der Waals surface area contributed by atoms with Crippen LogP contribution in [0.2, 0.25) is 0 Å². The molecule has 5 nitrogen and oxygen atoms in total. The van der Waals surface area contributed by atoms with Crippen LogP contribution in [0, 0.1) is 0 Å². The molecule has 0 atom stereocenters. The van der Waals surface area contributed by atoms with Gasteiger partial charge in [-0.1, -0.05) is 0 Å². The molecule has 1 heterocycles. The molecule has 5 heteroatoms. The zero-order valence-corrected chi connectivity index (χ0v) is 10.1. The second-order valence-corrected chi connectivity index (χ2v) is 3.68. The lowest BCUT2D eigenvalue weighted by Crippen LogP contribution is -1.96. The smallest absolute Gasteiger partial charge is 0.123 e. The van der Waals surface area contributed by atoms with Crippen molar-refractivity contribution in [3.05, 3.63) is 24.3 Å². The Morgan fingerprint density at radius 1 is 1.06 bits per heavy atom. The zero-order chi connectivity index (χ0) is 12.4. The lowest BCUT2D eigenvalue weighted by molar-refractivity contribution is 0.394. The first-order chi connectivity index (χ1) is 8.13. The van der Waals surface area contributed by atoms with E-state index in [9.17, 15) is 0 Å². The Kier molecular flexibility index (Phi) is 2.91. The van der Waals surface area contributed by atoms with E-state index in [-0.39, 0.29) is 0 Å². The van der Waals surface area contributed by atoms with Crippen LogP contribution >= 0.6 is 0 Å². The van der Waals surface area contributed by atoms with Crippen molar-refractivity contribution in [2.45, 2.75) is 0 Å². The number of ether oxygens (including phenoxy) is 2. The van der Waals surface area contributed by atoms with E-state index in [1.165, 1.54) is 0 Å². The molecular formula is C12H15N3O2. The second-order valence-electron chi connectivity index (χ2n) is 3.68.